The van der Waals surface area contributed by atoms with E-state index in [1.807, 2.05) is 37.5 Å². The Morgan fingerprint density at radius 1 is 1.11 bits per heavy atom. The number of aromatic nitrogens is 3. The molecular weight excluding hydrogens is 597 g/mol. The van der Waals surface area contributed by atoms with Crippen LogP contribution in [0.4, 0.5) is 5.69 Å². The molecule has 3 rings (SSSR count). The van der Waals surface area contributed by atoms with Gasteiger partial charge in [-0.05, 0) is 90.5 Å². The lowest BCUT2D eigenvalue weighted by Crippen LogP contribution is -2.32. The van der Waals surface area contributed by atoms with Gasteiger partial charge in [0, 0.05) is 16.0 Å². The van der Waals surface area contributed by atoms with E-state index in [1.54, 1.807) is 18.2 Å². The number of hydrogen-bond donors (Lipinski definition) is 2. The quantitative estimate of drug-likeness (QED) is 0.232. The molecule has 0 radical (unpaired) electrons. The number of anilines is 1. The average molecular weight is 627 g/mol. The summed E-state index contributed by atoms with van der Waals surface area (Å²) in [6, 6.07) is 8.32. The minimum atomic E-state index is -0.388. The Morgan fingerprint density at radius 2 is 1.81 bits per heavy atom. The molecule has 0 bridgehead atoms. The summed E-state index contributed by atoms with van der Waals surface area (Å²) < 4.78 is 2.77. The van der Waals surface area contributed by atoms with Gasteiger partial charge in [-0.25, -0.2) is 0 Å². The van der Waals surface area contributed by atoms with Crippen molar-refractivity contribution in [3.05, 3.63) is 67.4 Å². The van der Waals surface area contributed by atoms with Crippen molar-refractivity contribution < 1.29 is 9.59 Å². The molecule has 1 heterocycles. The van der Waals surface area contributed by atoms with Gasteiger partial charge in [0.1, 0.15) is 0 Å². The van der Waals surface area contributed by atoms with Gasteiger partial charge in [-0.15, -0.1) is 10.2 Å². The maximum absolute atomic E-state index is 13.1. The summed E-state index contributed by atoms with van der Waals surface area (Å²) in [7, 11) is 0. The first-order chi connectivity index (χ1) is 17.5. The highest BCUT2D eigenvalue weighted by molar-refractivity contribution is 9.10. The minimum Gasteiger partial charge on any atom is -0.342 e. The number of nitrogens with one attached hydrogen (secondary N) is 2. The maximum Gasteiger partial charge on any atom is 0.253 e. The molecule has 2 aromatic carbocycles. The summed E-state index contributed by atoms with van der Waals surface area (Å²) in [6.07, 6.45) is 0.654. The van der Waals surface area contributed by atoms with Gasteiger partial charge >= 0.3 is 0 Å². The number of nitrogens with zero attached hydrogens (tertiary/aromatic N) is 3. The van der Waals surface area contributed by atoms with Crippen molar-refractivity contribution in [1.82, 2.24) is 20.1 Å². The van der Waals surface area contributed by atoms with E-state index in [4.69, 9.17) is 23.2 Å². The first-order valence-corrected chi connectivity index (χ1v) is 14.4. The van der Waals surface area contributed by atoms with Gasteiger partial charge in [0.15, 0.2) is 11.0 Å². The summed E-state index contributed by atoms with van der Waals surface area (Å²) in [6.45, 7) is 10.7. The summed E-state index contributed by atoms with van der Waals surface area (Å²) in [5.41, 5.74) is 3.31. The molecule has 0 saturated heterocycles. The first kappa shape index (κ1) is 29.5. The SMILES string of the molecule is CCn1c(SCC(=O)Nc2cc(C)c(C)cc2Br)nnc1[C@H](CC(C)C)NC(=O)c1ccc(Cl)cc1Cl. The van der Waals surface area contributed by atoms with Gasteiger partial charge in [-0.1, -0.05) is 48.8 Å². The zero-order valence-corrected chi connectivity index (χ0v) is 25.3. The number of carbonyl (C=O) groups is 2. The van der Waals surface area contributed by atoms with Crippen LogP contribution in [0.1, 0.15) is 60.5 Å². The molecule has 1 atom stereocenters. The van der Waals surface area contributed by atoms with Crippen LogP contribution >= 0.6 is 50.9 Å². The Labute approximate surface area is 240 Å². The molecule has 0 fully saturated rings. The van der Waals surface area contributed by atoms with E-state index in [0.717, 1.165) is 21.3 Å². The molecule has 7 nitrogen and oxygen atoms in total. The molecule has 0 aliphatic rings. The smallest absolute Gasteiger partial charge is 0.253 e. The van der Waals surface area contributed by atoms with Crippen molar-refractivity contribution >= 4 is 68.4 Å². The third-order valence-corrected chi connectivity index (χ3v) is 7.92. The highest BCUT2D eigenvalue weighted by Crippen LogP contribution is 2.29. The van der Waals surface area contributed by atoms with E-state index in [-0.39, 0.29) is 34.5 Å². The van der Waals surface area contributed by atoms with Crippen molar-refractivity contribution in [2.75, 3.05) is 11.1 Å². The van der Waals surface area contributed by atoms with Gasteiger partial charge in [0.2, 0.25) is 5.91 Å². The normalized spacial score (nSPS) is 12.0. The van der Waals surface area contributed by atoms with Gasteiger partial charge in [0.05, 0.1) is 28.1 Å². The van der Waals surface area contributed by atoms with E-state index in [0.29, 0.717) is 34.5 Å². The van der Waals surface area contributed by atoms with Gasteiger partial charge < -0.3 is 15.2 Å². The Bertz CT molecular complexity index is 1300. The molecule has 11 heteroatoms. The molecule has 2 amide bonds. The lowest BCUT2D eigenvalue weighted by atomic mass is 10.0. The number of carbonyl (C=O) groups excluding carboxylic acids is 2. The van der Waals surface area contributed by atoms with Crippen LogP contribution < -0.4 is 10.6 Å². The fourth-order valence-corrected chi connectivity index (χ4v) is 5.63. The second-order valence-electron chi connectivity index (χ2n) is 9.12. The molecule has 0 saturated carbocycles. The summed E-state index contributed by atoms with van der Waals surface area (Å²) in [5.74, 6) is 0.621. The van der Waals surface area contributed by atoms with E-state index in [2.05, 4.69) is 50.6 Å². The van der Waals surface area contributed by atoms with Crippen molar-refractivity contribution in [1.29, 1.82) is 0 Å². The van der Waals surface area contributed by atoms with Gasteiger partial charge in [-0.2, -0.15) is 0 Å². The van der Waals surface area contributed by atoms with Crippen LogP contribution in [0.5, 0.6) is 0 Å². The Balaban J connectivity index is 1.76. The topological polar surface area (TPSA) is 88.9 Å². The average Bonchev–Trinajstić information content (AvgIpc) is 3.23. The van der Waals surface area contributed by atoms with Gasteiger partial charge in [-0.3, -0.25) is 9.59 Å². The molecule has 3 aromatic rings. The zero-order chi connectivity index (χ0) is 27.3. The number of thioether (sulfide) groups is 1. The third-order valence-electron chi connectivity index (χ3n) is 5.75. The first-order valence-electron chi connectivity index (χ1n) is 11.9. The number of benzene rings is 2. The highest BCUT2D eigenvalue weighted by atomic mass is 79.9. The van der Waals surface area contributed by atoms with Crippen LogP contribution in [-0.4, -0.2) is 32.3 Å². The molecule has 1 aromatic heterocycles. The predicted octanol–water partition coefficient (Wildman–Crippen LogP) is 7.23. The van der Waals surface area contributed by atoms with Crippen LogP contribution in [0.25, 0.3) is 0 Å². The number of hydrogen-bond acceptors (Lipinski definition) is 5. The maximum atomic E-state index is 13.1. The van der Waals surface area contributed by atoms with Gasteiger partial charge in [0.25, 0.3) is 5.91 Å². The summed E-state index contributed by atoms with van der Waals surface area (Å²) in [4.78, 5) is 25.7. The lowest BCUT2D eigenvalue weighted by Gasteiger charge is -2.21. The highest BCUT2D eigenvalue weighted by Gasteiger charge is 2.25. The molecule has 0 aliphatic heterocycles. The minimum absolute atomic E-state index is 0.148. The molecule has 0 aliphatic carbocycles. The lowest BCUT2D eigenvalue weighted by molar-refractivity contribution is -0.113. The molecule has 37 heavy (non-hydrogen) atoms. The Morgan fingerprint density at radius 3 is 2.46 bits per heavy atom. The molecule has 2 N–H and O–H groups in total. The predicted molar refractivity (Wildman–Crippen MR) is 155 cm³/mol. The summed E-state index contributed by atoms with van der Waals surface area (Å²) >= 11 is 17.1. The number of amides is 2. The van der Waals surface area contributed by atoms with Crippen molar-refractivity contribution in [3.63, 3.8) is 0 Å². The molecule has 0 spiro atoms. The number of rotatable bonds is 10. The fraction of sp³-hybridized carbons (Fsp3) is 0.385. The second kappa shape index (κ2) is 13.1. The van der Waals surface area contributed by atoms with Crippen LogP contribution in [0.3, 0.4) is 0 Å². The Kier molecular flexibility index (Phi) is 10.5. The van der Waals surface area contributed by atoms with Crippen molar-refractivity contribution in [3.8, 4) is 0 Å². The third kappa shape index (κ3) is 7.72. The largest absolute Gasteiger partial charge is 0.342 e. The van der Waals surface area contributed by atoms with E-state index < -0.39 is 0 Å². The van der Waals surface area contributed by atoms with Crippen LogP contribution in [0.15, 0.2) is 40.0 Å². The monoisotopic (exact) mass is 625 g/mol. The van der Waals surface area contributed by atoms with E-state index in [1.165, 1.54) is 11.8 Å². The number of halogens is 3. The van der Waals surface area contributed by atoms with Crippen molar-refractivity contribution in [2.45, 2.75) is 58.8 Å². The van der Waals surface area contributed by atoms with E-state index in [9.17, 15) is 9.59 Å². The standard InChI is InChI=1S/C26H30BrCl2N5O2S/c1-6-34-24(22(9-14(2)3)31-25(36)18-8-7-17(28)12-20(18)29)32-33-26(34)37-13-23(35)30-21-11-16(5)15(4)10-19(21)27/h7-8,10-12,14,22H,6,9,13H2,1-5H3,(H,30,35)(H,31,36)/t22-/m0/s1. The molecule has 198 valence electrons. The summed E-state index contributed by atoms with van der Waals surface area (Å²) in [5, 5.41) is 16.1. The van der Waals surface area contributed by atoms with Crippen molar-refractivity contribution in [2.24, 2.45) is 5.92 Å². The van der Waals surface area contributed by atoms with Crippen LogP contribution in [-0.2, 0) is 11.3 Å². The van der Waals surface area contributed by atoms with E-state index >= 15 is 0 Å². The Hall–Kier alpha value is -2.07. The fourth-order valence-electron chi connectivity index (χ4n) is 3.76. The number of aryl methyl sites for hydroxylation is 2. The van der Waals surface area contributed by atoms with Crippen LogP contribution in [0.2, 0.25) is 10.0 Å². The zero-order valence-electron chi connectivity index (χ0n) is 21.4. The molecular formula is C26H30BrCl2N5O2S. The molecule has 0 unspecified atom stereocenters. The second-order valence-corrected chi connectivity index (χ2v) is 11.8. The van der Waals surface area contributed by atoms with Crippen LogP contribution in [0, 0.1) is 19.8 Å².